The predicted octanol–water partition coefficient (Wildman–Crippen LogP) is 5.19. The third-order valence-corrected chi connectivity index (χ3v) is 7.78. The van der Waals surface area contributed by atoms with Gasteiger partial charge in [0.05, 0.1) is 29.4 Å². The number of hydrogen-bond acceptors (Lipinski definition) is 6. The Labute approximate surface area is 229 Å². The number of nitrogens with zero attached hydrogens (tertiary/aromatic N) is 2. The molecule has 2 heterocycles. The molecule has 2 aromatic rings. The SMILES string of the molecule is COc1ccc(CN2CCC[C@@](O)(COc3ccc(Cl)c(Cl)c3)CC2)cc1OCCCN1CCCC1=O. The van der Waals surface area contributed by atoms with Gasteiger partial charge in [0.15, 0.2) is 11.5 Å². The normalized spacial score (nSPS) is 20.6. The second kappa shape index (κ2) is 13.1. The summed E-state index contributed by atoms with van der Waals surface area (Å²) in [5, 5.41) is 12.1. The number of carbonyl (C=O) groups excluding carboxylic acids is 1. The molecule has 2 fully saturated rings. The Morgan fingerprint density at radius 2 is 1.84 bits per heavy atom. The Kier molecular flexibility index (Phi) is 9.82. The fraction of sp³-hybridized carbons (Fsp3) is 0.536. The van der Waals surface area contributed by atoms with Gasteiger partial charge in [-0.3, -0.25) is 9.69 Å². The summed E-state index contributed by atoms with van der Waals surface area (Å²) in [7, 11) is 1.64. The van der Waals surface area contributed by atoms with Gasteiger partial charge >= 0.3 is 0 Å². The van der Waals surface area contributed by atoms with Gasteiger partial charge in [0.2, 0.25) is 5.91 Å². The minimum Gasteiger partial charge on any atom is -0.493 e. The maximum absolute atomic E-state index is 11.8. The molecule has 0 bridgehead atoms. The topological polar surface area (TPSA) is 71.5 Å². The molecule has 2 aliphatic rings. The Hall–Kier alpha value is -2.19. The van der Waals surface area contributed by atoms with Crippen LogP contribution in [0.2, 0.25) is 10.0 Å². The number of carbonyl (C=O) groups is 1. The maximum atomic E-state index is 11.8. The molecule has 2 aromatic carbocycles. The largest absolute Gasteiger partial charge is 0.493 e. The van der Waals surface area contributed by atoms with E-state index in [1.165, 1.54) is 0 Å². The van der Waals surface area contributed by atoms with E-state index in [9.17, 15) is 9.90 Å². The molecule has 0 aliphatic carbocycles. The maximum Gasteiger partial charge on any atom is 0.222 e. The third kappa shape index (κ3) is 7.90. The number of halogens is 2. The number of benzene rings is 2. The fourth-order valence-electron chi connectivity index (χ4n) is 4.89. The van der Waals surface area contributed by atoms with E-state index in [1.807, 2.05) is 17.0 Å². The Morgan fingerprint density at radius 3 is 2.59 bits per heavy atom. The summed E-state index contributed by atoms with van der Waals surface area (Å²) >= 11 is 12.1. The third-order valence-electron chi connectivity index (χ3n) is 7.04. The van der Waals surface area contributed by atoms with Crippen molar-refractivity contribution in [2.45, 2.75) is 50.7 Å². The highest BCUT2D eigenvalue weighted by atomic mass is 35.5. The number of aliphatic hydroxyl groups is 1. The number of rotatable bonds is 11. The van der Waals surface area contributed by atoms with E-state index in [0.717, 1.165) is 57.5 Å². The quantitative estimate of drug-likeness (QED) is 0.388. The summed E-state index contributed by atoms with van der Waals surface area (Å²) in [5.74, 6) is 2.26. The Balaban J connectivity index is 1.27. The van der Waals surface area contributed by atoms with Crippen molar-refractivity contribution in [1.82, 2.24) is 9.80 Å². The van der Waals surface area contributed by atoms with Gasteiger partial charge in [0, 0.05) is 38.7 Å². The lowest BCUT2D eigenvalue weighted by Gasteiger charge is -2.27. The van der Waals surface area contributed by atoms with Crippen LogP contribution >= 0.6 is 23.2 Å². The molecular weight excluding hydrogens is 515 g/mol. The molecule has 37 heavy (non-hydrogen) atoms. The smallest absolute Gasteiger partial charge is 0.222 e. The molecule has 1 N–H and O–H groups in total. The summed E-state index contributed by atoms with van der Waals surface area (Å²) < 4.78 is 17.4. The highest BCUT2D eigenvalue weighted by molar-refractivity contribution is 6.42. The molecule has 1 atom stereocenters. The van der Waals surface area contributed by atoms with Crippen LogP contribution < -0.4 is 14.2 Å². The lowest BCUT2D eigenvalue weighted by Crippen LogP contribution is -2.37. The number of likely N-dealkylation sites (tertiary alicyclic amines) is 2. The average Bonchev–Trinajstić information content (AvgIpc) is 3.21. The van der Waals surface area contributed by atoms with Gasteiger partial charge in [0.25, 0.3) is 0 Å². The molecule has 0 radical (unpaired) electrons. The van der Waals surface area contributed by atoms with Crippen molar-refractivity contribution in [3.05, 3.63) is 52.0 Å². The van der Waals surface area contributed by atoms with Crippen LogP contribution in [0.25, 0.3) is 0 Å². The van der Waals surface area contributed by atoms with Crippen molar-refractivity contribution >= 4 is 29.1 Å². The van der Waals surface area contributed by atoms with Gasteiger partial charge in [-0.15, -0.1) is 0 Å². The van der Waals surface area contributed by atoms with Gasteiger partial charge in [-0.25, -0.2) is 0 Å². The molecular formula is C28H36Cl2N2O5. The zero-order valence-corrected chi connectivity index (χ0v) is 22.9. The monoisotopic (exact) mass is 550 g/mol. The van der Waals surface area contributed by atoms with Crippen LogP contribution in [-0.2, 0) is 11.3 Å². The predicted molar refractivity (Wildman–Crippen MR) is 145 cm³/mol. The van der Waals surface area contributed by atoms with Crippen molar-refractivity contribution in [1.29, 1.82) is 0 Å². The van der Waals surface area contributed by atoms with Crippen molar-refractivity contribution < 1.29 is 24.1 Å². The van der Waals surface area contributed by atoms with E-state index in [0.29, 0.717) is 53.2 Å². The molecule has 7 nitrogen and oxygen atoms in total. The molecule has 2 saturated heterocycles. The minimum absolute atomic E-state index is 0.211. The second-order valence-corrected chi connectivity index (χ2v) is 10.7. The van der Waals surface area contributed by atoms with Crippen LogP contribution in [0.4, 0.5) is 0 Å². The van der Waals surface area contributed by atoms with Gasteiger partial charge in [-0.05, 0) is 68.5 Å². The highest BCUT2D eigenvalue weighted by Crippen LogP contribution is 2.31. The molecule has 202 valence electrons. The number of hydrogen-bond donors (Lipinski definition) is 1. The molecule has 9 heteroatoms. The van der Waals surface area contributed by atoms with E-state index in [1.54, 1.807) is 25.3 Å². The van der Waals surface area contributed by atoms with Crippen molar-refractivity contribution in [2.24, 2.45) is 0 Å². The van der Waals surface area contributed by atoms with Gasteiger partial charge in [0.1, 0.15) is 12.4 Å². The van der Waals surface area contributed by atoms with E-state index in [-0.39, 0.29) is 12.5 Å². The van der Waals surface area contributed by atoms with Gasteiger partial charge < -0.3 is 24.2 Å². The molecule has 0 unspecified atom stereocenters. The van der Waals surface area contributed by atoms with Crippen LogP contribution in [0.3, 0.4) is 0 Å². The zero-order valence-electron chi connectivity index (χ0n) is 21.4. The first-order chi connectivity index (χ1) is 17.8. The Bertz CT molecular complexity index is 1070. The van der Waals surface area contributed by atoms with Gasteiger partial charge in [-0.2, -0.15) is 0 Å². The number of ether oxygens (including phenoxy) is 3. The molecule has 1 amide bonds. The first-order valence-corrected chi connectivity index (χ1v) is 13.7. The number of amides is 1. The first kappa shape index (κ1) is 27.8. The van der Waals surface area contributed by atoms with E-state index in [4.69, 9.17) is 37.4 Å². The van der Waals surface area contributed by atoms with E-state index >= 15 is 0 Å². The Morgan fingerprint density at radius 1 is 0.973 bits per heavy atom. The molecule has 0 spiro atoms. The summed E-state index contributed by atoms with van der Waals surface area (Å²) in [6.45, 7) is 4.72. The first-order valence-electron chi connectivity index (χ1n) is 13.0. The molecule has 0 aromatic heterocycles. The zero-order chi connectivity index (χ0) is 26.3. The summed E-state index contributed by atoms with van der Waals surface area (Å²) in [6, 6.07) is 11.2. The summed E-state index contributed by atoms with van der Waals surface area (Å²) in [5.41, 5.74) is 0.231. The van der Waals surface area contributed by atoms with E-state index < -0.39 is 5.60 Å². The lowest BCUT2D eigenvalue weighted by atomic mass is 9.96. The summed E-state index contributed by atoms with van der Waals surface area (Å²) in [6.07, 6.45) is 4.55. The molecule has 2 aliphatic heterocycles. The van der Waals surface area contributed by atoms with Crippen molar-refractivity contribution in [3.8, 4) is 17.2 Å². The van der Waals surface area contributed by atoms with Crippen molar-refractivity contribution in [3.63, 3.8) is 0 Å². The van der Waals surface area contributed by atoms with E-state index in [2.05, 4.69) is 11.0 Å². The average molecular weight is 552 g/mol. The highest BCUT2D eigenvalue weighted by Gasteiger charge is 2.31. The molecule has 0 saturated carbocycles. The summed E-state index contributed by atoms with van der Waals surface area (Å²) in [4.78, 5) is 16.0. The standard InChI is InChI=1S/C28H36Cl2N2O5/c1-35-25-9-6-21(17-26(25)36-16-4-14-32-13-2-5-27(32)33)19-31-12-3-10-28(34,11-15-31)20-37-22-7-8-23(29)24(30)18-22/h6-9,17-18,34H,2-5,10-16,19-20H2,1H3/t28-/m0/s1. The number of methoxy groups -OCH3 is 1. The van der Waals surface area contributed by atoms with Crippen LogP contribution in [0, 0.1) is 0 Å². The van der Waals surface area contributed by atoms with Crippen LogP contribution in [0.1, 0.15) is 44.1 Å². The second-order valence-electron chi connectivity index (χ2n) is 9.89. The van der Waals surface area contributed by atoms with Crippen LogP contribution in [0.15, 0.2) is 36.4 Å². The van der Waals surface area contributed by atoms with Crippen LogP contribution in [-0.4, -0.2) is 72.9 Å². The molecule has 4 rings (SSSR count). The van der Waals surface area contributed by atoms with Gasteiger partial charge in [-0.1, -0.05) is 29.3 Å². The fourth-order valence-corrected chi connectivity index (χ4v) is 5.18. The minimum atomic E-state index is -0.897. The lowest BCUT2D eigenvalue weighted by molar-refractivity contribution is -0.127. The van der Waals surface area contributed by atoms with Crippen molar-refractivity contribution in [2.75, 3.05) is 46.5 Å². The van der Waals surface area contributed by atoms with Crippen LogP contribution in [0.5, 0.6) is 17.2 Å².